The van der Waals surface area contributed by atoms with Crippen molar-refractivity contribution in [3.63, 3.8) is 0 Å². The number of anilines is 1. The first-order valence-corrected chi connectivity index (χ1v) is 6.19. The number of nitrogens with zero attached hydrogens (tertiary/aromatic N) is 3. The number of benzene rings is 2. The minimum atomic E-state index is 0.722. The Balaban J connectivity index is 2.02. The Hall–Kier alpha value is -2.82. The predicted octanol–water partition coefficient (Wildman–Crippen LogP) is 2.53. The van der Waals surface area contributed by atoms with Crippen LogP contribution in [0.1, 0.15) is 0 Å². The minimum Gasteiger partial charge on any atom is -0.497 e. The van der Waals surface area contributed by atoms with E-state index >= 15 is 0 Å². The van der Waals surface area contributed by atoms with E-state index in [2.05, 4.69) is 10.3 Å². The normalized spacial score (nSPS) is 10.4. The summed E-state index contributed by atoms with van der Waals surface area (Å²) in [6.45, 7) is 0. The Morgan fingerprint density at radius 1 is 1.00 bits per heavy atom. The van der Waals surface area contributed by atoms with Gasteiger partial charge in [-0.25, -0.2) is 4.68 Å². The first-order chi connectivity index (χ1) is 9.78. The second-order valence-electron chi connectivity index (χ2n) is 4.35. The average Bonchev–Trinajstić information content (AvgIpc) is 2.97. The predicted molar refractivity (Wildman–Crippen MR) is 77.8 cm³/mol. The molecule has 0 saturated carbocycles. The molecule has 2 N–H and O–H groups in total. The van der Waals surface area contributed by atoms with Gasteiger partial charge in [0.2, 0.25) is 0 Å². The third-order valence-corrected chi connectivity index (χ3v) is 3.07. The van der Waals surface area contributed by atoms with E-state index in [0.717, 1.165) is 28.4 Å². The second-order valence-corrected chi connectivity index (χ2v) is 4.35. The lowest BCUT2D eigenvalue weighted by molar-refractivity contribution is 0.415. The summed E-state index contributed by atoms with van der Waals surface area (Å²) in [7, 11) is 1.65. The maximum Gasteiger partial charge on any atom is 0.118 e. The van der Waals surface area contributed by atoms with E-state index in [1.807, 2.05) is 48.5 Å². The molecule has 0 saturated heterocycles. The molecule has 20 heavy (non-hydrogen) atoms. The first kappa shape index (κ1) is 12.2. The van der Waals surface area contributed by atoms with Crippen LogP contribution in [0.4, 0.5) is 5.69 Å². The fourth-order valence-corrected chi connectivity index (χ4v) is 2.00. The highest BCUT2D eigenvalue weighted by molar-refractivity contribution is 5.62. The van der Waals surface area contributed by atoms with Gasteiger partial charge in [0.25, 0.3) is 0 Å². The molecule has 0 amide bonds. The van der Waals surface area contributed by atoms with Gasteiger partial charge in [0.15, 0.2) is 0 Å². The van der Waals surface area contributed by atoms with Crippen LogP contribution in [0.2, 0.25) is 0 Å². The van der Waals surface area contributed by atoms with Crippen LogP contribution < -0.4 is 10.5 Å². The second kappa shape index (κ2) is 5.05. The Bertz CT molecular complexity index is 701. The molecule has 3 aromatic rings. The molecule has 5 nitrogen and oxygen atoms in total. The van der Waals surface area contributed by atoms with E-state index in [0.29, 0.717) is 0 Å². The zero-order valence-electron chi connectivity index (χ0n) is 11.0. The fourth-order valence-electron chi connectivity index (χ4n) is 2.00. The van der Waals surface area contributed by atoms with Crippen molar-refractivity contribution in [3.05, 3.63) is 54.7 Å². The summed E-state index contributed by atoms with van der Waals surface area (Å²) in [5, 5.41) is 8.12. The van der Waals surface area contributed by atoms with Gasteiger partial charge in [-0.3, -0.25) is 0 Å². The number of hydrogen-bond acceptors (Lipinski definition) is 4. The summed E-state index contributed by atoms with van der Waals surface area (Å²) >= 11 is 0. The lowest BCUT2D eigenvalue weighted by atomic mass is 10.1. The molecule has 0 atom stereocenters. The van der Waals surface area contributed by atoms with E-state index in [-0.39, 0.29) is 0 Å². The minimum absolute atomic E-state index is 0.722. The van der Waals surface area contributed by atoms with Crippen molar-refractivity contribution in [3.8, 4) is 22.7 Å². The molecule has 3 rings (SSSR count). The lowest BCUT2D eigenvalue weighted by Crippen LogP contribution is -1.99. The number of nitrogens with two attached hydrogens (primary N) is 1. The molecule has 0 unspecified atom stereocenters. The van der Waals surface area contributed by atoms with Crippen LogP contribution >= 0.6 is 0 Å². The number of rotatable bonds is 3. The van der Waals surface area contributed by atoms with Gasteiger partial charge in [0.1, 0.15) is 5.75 Å². The molecule has 1 heterocycles. The zero-order chi connectivity index (χ0) is 13.9. The molecule has 1 aromatic heterocycles. The van der Waals surface area contributed by atoms with Crippen molar-refractivity contribution in [1.82, 2.24) is 15.0 Å². The Labute approximate surface area is 116 Å². The molecule has 0 aliphatic heterocycles. The van der Waals surface area contributed by atoms with Crippen LogP contribution in [0.3, 0.4) is 0 Å². The molecule has 0 aliphatic carbocycles. The molecule has 0 fully saturated rings. The van der Waals surface area contributed by atoms with Gasteiger partial charge in [-0.15, -0.1) is 5.10 Å². The van der Waals surface area contributed by atoms with Gasteiger partial charge >= 0.3 is 0 Å². The monoisotopic (exact) mass is 266 g/mol. The maximum atomic E-state index is 5.70. The summed E-state index contributed by atoms with van der Waals surface area (Å²) in [6, 6.07) is 15.3. The third kappa shape index (κ3) is 2.21. The molecule has 5 heteroatoms. The Morgan fingerprint density at radius 2 is 1.70 bits per heavy atom. The van der Waals surface area contributed by atoms with E-state index in [4.69, 9.17) is 10.5 Å². The molecule has 0 aliphatic rings. The molecule has 0 spiro atoms. The van der Waals surface area contributed by atoms with Crippen LogP contribution in [0.5, 0.6) is 5.75 Å². The fraction of sp³-hybridized carbons (Fsp3) is 0.0667. The summed E-state index contributed by atoms with van der Waals surface area (Å²) < 4.78 is 6.94. The van der Waals surface area contributed by atoms with Crippen molar-refractivity contribution < 1.29 is 4.74 Å². The van der Waals surface area contributed by atoms with E-state index in [1.54, 1.807) is 18.0 Å². The van der Waals surface area contributed by atoms with Crippen molar-refractivity contribution in [2.24, 2.45) is 0 Å². The van der Waals surface area contributed by atoms with Gasteiger partial charge in [-0.1, -0.05) is 5.21 Å². The van der Waals surface area contributed by atoms with E-state index < -0.39 is 0 Å². The Kier molecular flexibility index (Phi) is 3.09. The number of nitrogen functional groups attached to an aromatic ring is 1. The topological polar surface area (TPSA) is 66.0 Å². The smallest absolute Gasteiger partial charge is 0.118 e. The number of aromatic nitrogens is 3. The number of hydrogen-bond donors (Lipinski definition) is 1. The van der Waals surface area contributed by atoms with Crippen molar-refractivity contribution in [2.75, 3.05) is 12.8 Å². The average molecular weight is 266 g/mol. The standard InChI is InChI=1S/C15H14N4O/c1-20-14-8-2-11(3-9-14)15-10-17-18-19(15)13-6-4-12(16)5-7-13/h2-10H,16H2,1H3. The largest absolute Gasteiger partial charge is 0.497 e. The van der Waals surface area contributed by atoms with Crippen LogP contribution in [0, 0.1) is 0 Å². The lowest BCUT2D eigenvalue weighted by Gasteiger charge is -2.07. The van der Waals surface area contributed by atoms with Gasteiger partial charge < -0.3 is 10.5 Å². The van der Waals surface area contributed by atoms with Crippen LogP contribution in [-0.4, -0.2) is 22.1 Å². The van der Waals surface area contributed by atoms with Gasteiger partial charge in [0.05, 0.1) is 24.7 Å². The summed E-state index contributed by atoms with van der Waals surface area (Å²) in [5.41, 5.74) is 9.28. The van der Waals surface area contributed by atoms with Crippen LogP contribution in [-0.2, 0) is 0 Å². The van der Waals surface area contributed by atoms with Gasteiger partial charge in [-0.2, -0.15) is 0 Å². The summed E-state index contributed by atoms with van der Waals surface area (Å²) in [5.74, 6) is 0.820. The number of methoxy groups -OCH3 is 1. The SMILES string of the molecule is COc1ccc(-c2cnnn2-c2ccc(N)cc2)cc1. The summed E-state index contributed by atoms with van der Waals surface area (Å²) in [6.07, 6.45) is 1.73. The first-order valence-electron chi connectivity index (χ1n) is 6.19. The van der Waals surface area contributed by atoms with E-state index in [9.17, 15) is 0 Å². The number of ether oxygens (including phenoxy) is 1. The highest BCUT2D eigenvalue weighted by atomic mass is 16.5. The zero-order valence-corrected chi connectivity index (χ0v) is 11.0. The summed E-state index contributed by atoms with van der Waals surface area (Å²) in [4.78, 5) is 0. The molecule has 0 radical (unpaired) electrons. The molecule has 100 valence electrons. The molecular formula is C15H14N4O. The van der Waals surface area contributed by atoms with Crippen molar-refractivity contribution in [2.45, 2.75) is 0 Å². The van der Waals surface area contributed by atoms with Gasteiger partial charge in [-0.05, 0) is 48.5 Å². The highest BCUT2D eigenvalue weighted by Crippen LogP contribution is 2.24. The molecule has 0 bridgehead atoms. The maximum absolute atomic E-state index is 5.70. The van der Waals surface area contributed by atoms with E-state index in [1.165, 1.54) is 0 Å². The third-order valence-electron chi connectivity index (χ3n) is 3.07. The van der Waals surface area contributed by atoms with Gasteiger partial charge in [0, 0.05) is 11.3 Å². The quantitative estimate of drug-likeness (QED) is 0.740. The highest BCUT2D eigenvalue weighted by Gasteiger charge is 2.08. The van der Waals surface area contributed by atoms with Crippen molar-refractivity contribution >= 4 is 5.69 Å². The van der Waals surface area contributed by atoms with Crippen molar-refractivity contribution in [1.29, 1.82) is 0 Å². The molecule has 2 aromatic carbocycles. The van der Waals surface area contributed by atoms with Crippen LogP contribution in [0.25, 0.3) is 16.9 Å². The molecular weight excluding hydrogens is 252 g/mol. The Morgan fingerprint density at radius 3 is 2.35 bits per heavy atom. The van der Waals surface area contributed by atoms with Crippen LogP contribution in [0.15, 0.2) is 54.7 Å².